The van der Waals surface area contributed by atoms with Gasteiger partial charge < -0.3 is 28.6 Å². The molecule has 0 fully saturated rings. The van der Waals surface area contributed by atoms with Crippen LogP contribution >= 0.6 is 11.6 Å². The fraction of sp³-hybridized carbons (Fsp3) is 0.390. The van der Waals surface area contributed by atoms with Gasteiger partial charge in [0.1, 0.15) is 23.4 Å². The largest absolute Gasteiger partial charge is 0.493 e. The summed E-state index contributed by atoms with van der Waals surface area (Å²) in [6.07, 6.45) is 1.87. The van der Waals surface area contributed by atoms with Crippen molar-refractivity contribution in [2.24, 2.45) is 14.1 Å². The predicted octanol–water partition coefficient (Wildman–Crippen LogP) is 7.91. The second kappa shape index (κ2) is 15.9. The van der Waals surface area contributed by atoms with Crippen molar-refractivity contribution in [3.63, 3.8) is 0 Å². The lowest BCUT2D eigenvalue weighted by molar-refractivity contribution is -0.000806. The van der Waals surface area contributed by atoms with Gasteiger partial charge in [0.05, 0.1) is 37.8 Å². The fourth-order valence-electron chi connectivity index (χ4n) is 7.63. The third-order valence-corrected chi connectivity index (χ3v) is 10.7. The van der Waals surface area contributed by atoms with Gasteiger partial charge in [-0.3, -0.25) is 9.36 Å². The van der Waals surface area contributed by atoms with E-state index in [-0.39, 0.29) is 18.1 Å². The number of hydrogen-bond donors (Lipinski definition) is 1. The molecule has 1 atom stereocenters. The molecular weight excluding hydrogens is 713 g/mol. The lowest BCUT2D eigenvalue weighted by Gasteiger charge is -2.19. The summed E-state index contributed by atoms with van der Waals surface area (Å²) < 4.78 is 44.1. The Labute approximate surface area is 318 Å². The van der Waals surface area contributed by atoms with Gasteiger partial charge >= 0.3 is 5.97 Å². The normalized spacial score (nSPS) is 15.4. The number of hydrogen-bond acceptors (Lipinski definition) is 7. The van der Waals surface area contributed by atoms with Crippen LogP contribution in [0.15, 0.2) is 48.5 Å². The highest BCUT2D eigenvalue weighted by atomic mass is 35.5. The molecule has 54 heavy (non-hydrogen) atoms. The van der Waals surface area contributed by atoms with Crippen molar-refractivity contribution in [1.29, 1.82) is 0 Å². The number of rotatable bonds is 7. The number of benzene rings is 3. The topological polar surface area (TPSA) is 115 Å². The molecule has 7 rings (SSSR count). The van der Waals surface area contributed by atoms with Gasteiger partial charge in [0, 0.05) is 84.6 Å². The molecule has 284 valence electrons. The molecule has 6 aromatic rings. The minimum Gasteiger partial charge on any atom is -0.493 e. The number of ether oxygens (including phenoxy) is 4. The van der Waals surface area contributed by atoms with Gasteiger partial charge in [-0.05, 0) is 92.1 Å². The van der Waals surface area contributed by atoms with E-state index in [4.69, 9.17) is 40.7 Å². The van der Waals surface area contributed by atoms with Crippen LogP contribution in [-0.4, -0.2) is 68.7 Å². The third kappa shape index (κ3) is 7.35. The zero-order chi connectivity index (χ0) is 38.1. The number of carboxylic acids is 1. The highest BCUT2D eigenvalue weighted by Gasteiger charge is 2.30. The molecule has 0 radical (unpaired) electrons. The number of carboxylic acid groups (broad SMARTS) is 1. The van der Waals surface area contributed by atoms with Crippen molar-refractivity contribution >= 4 is 39.2 Å². The zero-order valence-electron chi connectivity index (χ0n) is 31.2. The molecule has 8 bridgehead atoms. The molecule has 13 heteroatoms. The quantitative estimate of drug-likeness (QED) is 0.164. The summed E-state index contributed by atoms with van der Waals surface area (Å²) >= 11 is 7.11. The third-order valence-electron chi connectivity index (χ3n) is 10.3. The van der Waals surface area contributed by atoms with Crippen LogP contribution in [-0.2, 0) is 54.3 Å². The van der Waals surface area contributed by atoms with Crippen molar-refractivity contribution in [3.8, 4) is 16.9 Å². The fourth-order valence-corrected chi connectivity index (χ4v) is 7.89. The van der Waals surface area contributed by atoms with Crippen LogP contribution in [0.4, 0.5) is 4.39 Å². The van der Waals surface area contributed by atoms with Crippen LogP contribution < -0.4 is 4.74 Å². The first-order chi connectivity index (χ1) is 26.0. The molecule has 3 aromatic carbocycles. The summed E-state index contributed by atoms with van der Waals surface area (Å²) in [4.78, 5) is 12.9. The minimum absolute atomic E-state index is 0.187. The van der Waals surface area contributed by atoms with E-state index in [1.807, 2.05) is 66.1 Å². The van der Waals surface area contributed by atoms with Gasteiger partial charge in [0.2, 0.25) is 0 Å². The Hall–Kier alpha value is -4.75. The number of aromatic carboxylic acids is 1. The van der Waals surface area contributed by atoms with E-state index in [9.17, 15) is 14.3 Å². The van der Waals surface area contributed by atoms with E-state index in [2.05, 4.69) is 6.07 Å². The van der Waals surface area contributed by atoms with E-state index in [0.29, 0.717) is 86.2 Å². The molecule has 0 aliphatic carbocycles. The van der Waals surface area contributed by atoms with Crippen LogP contribution in [0.25, 0.3) is 32.8 Å². The first-order valence-corrected chi connectivity index (χ1v) is 18.6. The van der Waals surface area contributed by atoms with Crippen molar-refractivity contribution in [2.75, 3.05) is 33.5 Å². The lowest BCUT2D eigenvalue weighted by atomic mass is 9.94. The Kier molecular flexibility index (Phi) is 11.1. The standard InChI is InChI=1S/C41H45ClFN5O6/c1-24-36-33-12-11-32(42)38(36)37-25(2)46(3)45-39(37)34(13-16-52-18-17-51-5)54-23-29-22-30(47(4)44-29)9-7-26-19-27-21-28(43)8-10-31(27)35(20-26)53-15-6-14-48(33)40(24)41(49)50/h8,10-12,19-22,34H,6-7,9,13-18,23H2,1-5H3,(H,49,50)/t34-/m1/s1. The van der Waals surface area contributed by atoms with Crippen LogP contribution in [0.1, 0.15) is 63.3 Å². The second-order valence-electron chi connectivity index (χ2n) is 13.8. The minimum atomic E-state index is -1.03. The van der Waals surface area contributed by atoms with Crippen LogP contribution in [0.3, 0.4) is 0 Å². The average Bonchev–Trinajstić information content (AvgIpc) is 3.75. The number of nitrogens with zero attached hydrogens (tertiary/aromatic N) is 5. The summed E-state index contributed by atoms with van der Waals surface area (Å²) in [5.41, 5.74) is 7.38. The van der Waals surface area contributed by atoms with Crippen LogP contribution in [0, 0.1) is 19.7 Å². The molecule has 0 saturated carbocycles. The SMILES string of the molecule is COCCOCC[C@H]1OCc2cc(n(C)n2)CCc2cc(c3ccc(F)cc3c2)OCCCn2c(C(=O)O)c(C)c3c(c(Cl)ccc32)-c2c1nn(C)c2C. The molecule has 1 aliphatic heterocycles. The van der Waals surface area contributed by atoms with Gasteiger partial charge in [-0.25, -0.2) is 9.18 Å². The molecule has 0 amide bonds. The number of carbonyl (C=O) groups is 1. The van der Waals surface area contributed by atoms with Crippen molar-refractivity contribution in [3.05, 3.63) is 99.0 Å². The number of fused-ring (bicyclic) bond motifs is 8. The summed E-state index contributed by atoms with van der Waals surface area (Å²) in [5.74, 6) is -0.693. The zero-order valence-corrected chi connectivity index (χ0v) is 32.0. The first kappa shape index (κ1) is 37.6. The smallest absolute Gasteiger partial charge is 0.352 e. The van der Waals surface area contributed by atoms with Crippen LogP contribution in [0.5, 0.6) is 5.75 Å². The van der Waals surface area contributed by atoms with E-state index in [0.717, 1.165) is 49.9 Å². The lowest BCUT2D eigenvalue weighted by Crippen LogP contribution is -2.12. The van der Waals surface area contributed by atoms with Crippen LogP contribution in [0.2, 0.25) is 5.02 Å². The Morgan fingerprint density at radius 2 is 1.85 bits per heavy atom. The second-order valence-corrected chi connectivity index (χ2v) is 14.2. The van der Waals surface area contributed by atoms with Gasteiger partial charge in [0.25, 0.3) is 0 Å². The van der Waals surface area contributed by atoms with E-state index < -0.39 is 12.1 Å². The van der Waals surface area contributed by atoms with Crippen molar-refractivity contribution < 1.29 is 33.2 Å². The summed E-state index contributed by atoms with van der Waals surface area (Å²) in [6.45, 7) is 6.03. The van der Waals surface area contributed by atoms with Gasteiger partial charge in [-0.1, -0.05) is 17.7 Å². The number of halogens is 2. The Morgan fingerprint density at radius 1 is 1.02 bits per heavy atom. The summed E-state index contributed by atoms with van der Waals surface area (Å²) in [7, 11) is 5.44. The molecular formula is C41H45ClFN5O6. The molecule has 1 N–H and O–H groups in total. The molecule has 0 unspecified atom stereocenters. The Morgan fingerprint density at radius 3 is 2.65 bits per heavy atom. The van der Waals surface area contributed by atoms with Crippen molar-refractivity contribution in [1.82, 2.24) is 24.1 Å². The van der Waals surface area contributed by atoms with Crippen molar-refractivity contribution in [2.45, 2.75) is 58.8 Å². The molecule has 3 aromatic heterocycles. The average molecular weight is 758 g/mol. The maximum absolute atomic E-state index is 14.4. The monoisotopic (exact) mass is 757 g/mol. The van der Waals surface area contributed by atoms with Gasteiger partial charge in [-0.15, -0.1) is 0 Å². The summed E-state index contributed by atoms with van der Waals surface area (Å²) in [5, 5.41) is 23.1. The number of methoxy groups -OCH3 is 1. The molecule has 1 aliphatic rings. The molecule has 4 heterocycles. The Bertz CT molecular complexity index is 2350. The van der Waals surface area contributed by atoms with E-state index in [1.54, 1.807) is 13.2 Å². The number of aryl methyl sites for hydroxylation is 6. The first-order valence-electron chi connectivity index (χ1n) is 18.2. The maximum Gasteiger partial charge on any atom is 0.352 e. The summed E-state index contributed by atoms with van der Waals surface area (Å²) in [6, 6.07) is 14.5. The van der Waals surface area contributed by atoms with E-state index in [1.165, 1.54) is 12.1 Å². The molecule has 0 spiro atoms. The number of aromatic nitrogens is 5. The maximum atomic E-state index is 14.4. The molecule has 11 nitrogen and oxygen atoms in total. The van der Waals surface area contributed by atoms with Gasteiger partial charge in [-0.2, -0.15) is 10.2 Å². The van der Waals surface area contributed by atoms with Gasteiger partial charge in [0.15, 0.2) is 0 Å². The highest BCUT2D eigenvalue weighted by molar-refractivity contribution is 6.35. The predicted molar refractivity (Wildman–Crippen MR) is 205 cm³/mol. The highest BCUT2D eigenvalue weighted by Crippen LogP contribution is 2.44. The Balaban J connectivity index is 1.37. The van der Waals surface area contributed by atoms with E-state index >= 15 is 0 Å². The molecule has 0 saturated heterocycles.